The van der Waals surface area contributed by atoms with Crippen molar-refractivity contribution in [2.75, 3.05) is 0 Å². The van der Waals surface area contributed by atoms with Crippen molar-refractivity contribution in [3.63, 3.8) is 0 Å². The highest BCUT2D eigenvalue weighted by Gasteiger charge is 2.16. The van der Waals surface area contributed by atoms with Crippen LogP contribution < -0.4 is 5.56 Å². The summed E-state index contributed by atoms with van der Waals surface area (Å²) in [7, 11) is 0. The third-order valence-corrected chi connectivity index (χ3v) is 2.65. The minimum absolute atomic E-state index is 0.243. The van der Waals surface area contributed by atoms with Gasteiger partial charge in [0.05, 0.1) is 10.7 Å². The van der Waals surface area contributed by atoms with Gasteiger partial charge in [-0.1, -0.05) is 23.7 Å². The van der Waals surface area contributed by atoms with Gasteiger partial charge >= 0.3 is 5.97 Å². The van der Waals surface area contributed by atoms with Gasteiger partial charge in [0.1, 0.15) is 11.4 Å². The monoisotopic (exact) mass is 265 g/mol. The highest BCUT2D eigenvalue weighted by molar-refractivity contribution is 6.32. The molecule has 0 atom stereocenters. The predicted octanol–water partition coefficient (Wildman–Crippen LogP) is 1.89. The number of pyridine rings is 1. The molecular weight excluding hydrogens is 258 g/mol. The number of benzene rings is 1. The Bertz CT molecular complexity index is 678. The van der Waals surface area contributed by atoms with Crippen LogP contribution in [0, 0.1) is 0 Å². The summed E-state index contributed by atoms with van der Waals surface area (Å²) in [6.45, 7) is 0. The molecule has 18 heavy (non-hydrogen) atoms. The van der Waals surface area contributed by atoms with Crippen molar-refractivity contribution in [2.24, 2.45) is 0 Å². The van der Waals surface area contributed by atoms with E-state index in [1.165, 1.54) is 6.07 Å². The standard InChI is InChI=1S/C12H8ClNO4/c13-8-3-1-2-4-9(8)14-10(12(17)18)5-7(15)6-11(14)16/h1-6,15H,(H,17,18). The molecule has 1 aromatic carbocycles. The van der Waals surface area contributed by atoms with Gasteiger partial charge in [-0.2, -0.15) is 0 Å². The number of aromatic carboxylic acids is 1. The Labute approximate surface area is 106 Å². The molecule has 1 aromatic heterocycles. The maximum Gasteiger partial charge on any atom is 0.353 e. The summed E-state index contributed by atoms with van der Waals surface area (Å²) in [6.07, 6.45) is 0. The van der Waals surface area contributed by atoms with Crippen molar-refractivity contribution in [3.8, 4) is 11.4 Å². The minimum atomic E-state index is -1.33. The Morgan fingerprint density at radius 3 is 2.50 bits per heavy atom. The zero-order valence-corrected chi connectivity index (χ0v) is 9.76. The Hall–Kier alpha value is -2.27. The highest BCUT2D eigenvalue weighted by Crippen LogP contribution is 2.21. The number of aromatic nitrogens is 1. The number of carboxylic acids is 1. The lowest BCUT2D eigenvalue weighted by Crippen LogP contribution is -2.23. The summed E-state index contributed by atoms with van der Waals surface area (Å²) in [6, 6.07) is 8.28. The summed E-state index contributed by atoms with van der Waals surface area (Å²) >= 11 is 5.93. The number of para-hydroxylation sites is 1. The summed E-state index contributed by atoms with van der Waals surface area (Å²) in [5.41, 5.74) is -0.768. The van der Waals surface area contributed by atoms with Crippen LogP contribution >= 0.6 is 11.6 Å². The highest BCUT2D eigenvalue weighted by atomic mass is 35.5. The SMILES string of the molecule is O=C(O)c1cc(O)cc(=O)n1-c1ccccc1Cl. The fraction of sp³-hybridized carbons (Fsp3) is 0. The van der Waals surface area contributed by atoms with E-state index >= 15 is 0 Å². The number of hydrogen-bond acceptors (Lipinski definition) is 3. The van der Waals surface area contributed by atoms with E-state index in [0.717, 1.165) is 16.7 Å². The maximum absolute atomic E-state index is 11.8. The Balaban J connectivity index is 2.83. The van der Waals surface area contributed by atoms with Crippen LogP contribution in [0.1, 0.15) is 10.5 Å². The van der Waals surface area contributed by atoms with Crippen LogP contribution in [0.3, 0.4) is 0 Å². The van der Waals surface area contributed by atoms with E-state index in [0.29, 0.717) is 0 Å². The van der Waals surface area contributed by atoms with Crippen molar-refractivity contribution in [1.29, 1.82) is 0 Å². The second-order valence-electron chi connectivity index (χ2n) is 3.53. The molecule has 0 spiro atoms. The summed E-state index contributed by atoms with van der Waals surface area (Å²) in [5.74, 6) is -1.73. The van der Waals surface area contributed by atoms with Crippen molar-refractivity contribution in [1.82, 2.24) is 4.57 Å². The predicted molar refractivity (Wildman–Crippen MR) is 65.7 cm³/mol. The second-order valence-corrected chi connectivity index (χ2v) is 3.94. The molecule has 5 nitrogen and oxygen atoms in total. The normalized spacial score (nSPS) is 10.3. The first-order valence-corrected chi connectivity index (χ1v) is 5.33. The molecule has 0 unspecified atom stereocenters. The van der Waals surface area contributed by atoms with Gasteiger partial charge in [-0.3, -0.25) is 9.36 Å². The third-order valence-electron chi connectivity index (χ3n) is 2.33. The molecular formula is C12H8ClNO4. The van der Waals surface area contributed by atoms with Gasteiger partial charge in [0.15, 0.2) is 0 Å². The van der Waals surface area contributed by atoms with Gasteiger partial charge in [-0.05, 0) is 12.1 Å². The van der Waals surface area contributed by atoms with E-state index in [9.17, 15) is 14.7 Å². The first-order valence-electron chi connectivity index (χ1n) is 4.95. The average Bonchev–Trinajstić information content (AvgIpc) is 2.29. The molecule has 6 heteroatoms. The van der Waals surface area contributed by atoms with E-state index in [4.69, 9.17) is 16.7 Å². The third kappa shape index (κ3) is 2.08. The molecule has 0 fully saturated rings. The molecule has 1 heterocycles. The fourth-order valence-corrected chi connectivity index (χ4v) is 1.82. The smallest absolute Gasteiger partial charge is 0.353 e. The van der Waals surface area contributed by atoms with Crippen LogP contribution in [-0.2, 0) is 0 Å². The number of aromatic hydroxyl groups is 1. The van der Waals surface area contributed by atoms with Gasteiger partial charge in [0, 0.05) is 12.1 Å². The molecule has 0 aliphatic heterocycles. The summed E-state index contributed by atoms with van der Waals surface area (Å²) in [5, 5.41) is 18.6. The van der Waals surface area contributed by atoms with E-state index < -0.39 is 17.3 Å². The Morgan fingerprint density at radius 2 is 1.89 bits per heavy atom. The van der Waals surface area contributed by atoms with Crippen molar-refractivity contribution < 1.29 is 15.0 Å². The van der Waals surface area contributed by atoms with Gasteiger partial charge in [-0.15, -0.1) is 0 Å². The number of hydrogen-bond donors (Lipinski definition) is 2. The minimum Gasteiger partial charge on any atom is -0.508 e. The largest absolute Gasteiger partial charge is 0.508 e. The maximum atomic E-state index is 11.8. The summed E-state index contributed by atoms with van der Waals surface area (Å²) in [4.78, 5) is 22.9. The fourth-order valence-electron chi connectivity index (χ4n) is 1.60. The van der Waals surface area contributed by atoms with Gasteiger partial charge < -0.3 is 10.2 Å². The first-order chi connectivity index (χ1) is 8.50. The molecule has 0 radical (unpaired) electrons. The second kappa shape index (κ2) is 4.54. The number of rotatable bonds is 2. The van der Waals surface area contributed by atoms with Crippen LogP contribution in [-0.4, -0.2) is 20.7 Å². The van der Waals surface area contributed by atoms with Gasteiger partial charge in [0.25, 0.3) is 5.56 Å². The van der Waals surface area contributed by atoms with Crippen molar-refractivity contribution >= 4 is 17.6 Å². The molecule has 0 amide bonds. The van der Waals surface area contributed by atoms with Gasteiger partial charge in [-0.25, -0.2) is 4.79 Å². The Morgan fingerprint density at radius 1 is 1.22 bits per heavy atom. The van der Waals surface area contributed by atoms with Crippen LogP contribution in [0.2, 0.25) is 5.02 Å². The van der Waals surface area contributed by atoms with Crippen LogP contribution in [0.5, 0.6) is 5.75 Å². The first kappa shape index (κ1) is 12.2. The zero-order chi connectivity index (χ0) is 13.3. The molecule has 0 saturated carbocycles. The molecule has 2 rings (SSSR count). The number of carbonyl (C=O) groups is 1. The average molecular weight is 266 g/mol. The molecule has 92 valence electrons. The lowest BCUT2D eigenvalue weighted by atomic mass is 10.2. The molecule has 0 aliphatic rings. The number of carboxylic acid groups (broad SMARTS) is 1. The van der Waals surface area contributed by atoms with Crippen molar-refractivity contribution in [3.05, 3.63) is 57.5 Å². The quantitative estimate of drug-likeness (QED) is 0.869. The van der Waals surface area contributed by atoms with E-state index in [2.05, 4.69) is 0 Å². The van der Waals surface area contributed by atoms with Crippen LogP contribution in [0.4, 0.5) is 0 Å². The number of nitrogens with zero attached hydrogens (tertiary/aromatic N) is 1. The van der Waals surface area contributed by atoms with Crippen LogP contribution in [0.25, 0.3) is 5.69 Å². The molecule has 2 aromatic rings. The zero-order valence-electron chi connectivity index (χ0n) is 9.00. The molecule has 2 N–H and O–H groups in total. The van der Waals surface area contributed by atoms with Gasteiger partial charge in [0.2, 0.25) is 0 Å². The van der Waals surface area contributed by atoms with Crippen LogP contribution in [0.15, 0.2) is 41.2 Å². The lowest BCUT2D eigenvalue weighted by Gasteiger charge is -2.11. The molecule has 0 aliphatic carbocycles. The number of halogens is 1. The van der Waals surface area contributed by atoms with E-state index in [1.54, 1.807) is 18.2 Å². The van der Waals surface area contributed by atoms with E-state index in [-0.39, 0.29) is 16.4 Å². The summed E-state index contributed by atoms with van der Waals surface area (Å²) < 4.78 is 0.935. The van der Waals surface area contributed by atoms with Crippen molar-refractivity contribution in [2.45, 2.75) is 0 Å². The lowest BCUT2D eigenvalue weighted by molar-refractivity contribution is 0.0686. The molecule has 0 saturated heterocycles. The topological polar surface area (TPSA) is 79.5 Å². The Kier molecular flexibility index (Phi) is 3.08. The molecule has 0 bridgehead atoms. The van der Waals surface area contributed by atoms with E-state index in [1.807, 2.05) is 0 Å².